The lowest BCUT2D eigenvalue weighted by Crippen LogP contribution is -2.47. The van der Waals surface area contributed by atoms with Gasteiger partial charge in [0.2, 0.25) is 5.95 Å². The molecule has 3 N–H and O–H groups in total. The molecule has 1 aromatic carbocycles. The van der Waals surface area contributed by atoms with Gasteiger partial charge in [0, 0.05) is 49.5 Å². The van der Waals surface area contributed by atoms with E-state index in [1.807, 2.05) is 24.4 Å². The van der Waals surface area contributed by atoms with Crippen LogP contribution in [0.4, 0.5) is 11.8 Å². The predicted molar refractivity (Wildman–Crippen MR) is 99.9 cm³/mol. The minimum absolute atomic E-state index is 0.521. The molecule has 0 amide bonds. The van der Waals surface area contributed by atoms with Crippen molar-refractivity contribution in [3.63, 3.8) is 0 Å². The lowest BCUT2D eigenvalue weighted by atomic mass is 10.1. The van der Waals surface area contributed by atoms with E-state index in [1.165, 1.54) is 0 Å². The van der Waals surface area contributed by atoms with Crippen molar-refractivity contribution in [3.8, 4) is 11.1 Å². The highest BCUT2D eigenvalue weighted by molar-refractivity contribution is 5.84. The van der Waals surface area contributed by atoms with Gasteiger partial charge in [0.1, 0.15) is 5.82 Å². The van der Waals surface area contributed by atoms with Crippen LogP contribution in [0.25, 0.3) is 22.0 Å². The Kier molecular flexibility index (Phi) is 4.17. The number of fused-ring (bicyclic) bond motifs is 1. The number of hydrogen-bond donors (Lipinski definition) is 2. The lowest BCUT2D eigenvalue weighted by molar-refractivity contribution is 0.178. The van der Waals surface area contributed by atoms with Crippen molar-refractivity contribution in [3.05, 3.63) is 42.7 Å². The van der Waals surface area contributed by atoms with Gasteiger partial charge in [0.25, 0.3) is 0 Å². The monoisotopic (exact) mass is 335 g/mol. The number of hydrazine groups is 1. The number of hydrogen-bond acceptors (Lipinski definition) is 7. The van der Waals surface area contributed by atoms with Crippen molar-refractivity contribution < 1.29 is 0 Å². The first-order chi connectivity index (χ1) is 12.2. The number of nitrogen functional groups attached to an aromatic ring is 1. The summed E-state index contributed by atoms with van der Waals surface area (Å²) in [6, 6.07) is 9.90. The molecule has 2 aromatic heterocycles. The topological polar surface area (TPSA) is 83.2 Å². The minimum atomic E-state index is 0.521. The van der Waals surface area contributed by atoms with Gasteiger partial charge >= 0.3 is 0 Å². The predicted octanol–water partition coefficient (Wildman–Crippen LogP) is 1.85. The van der Waals surface area contributed by atoms with E-state index in [9.17, 15) is 0 Å². The van der Waals surface area contributed by atoms with E-state index in [1.54, 1.807) is 12.3 Å². The number of nitrogens with two attached hydrogens (primary N) is 1. The fraction of sp³-hybridized carbons (Fsp3) is 0.278. The molecule has 3 aromatic rings. The maximum atomic E-state index is 5.65. The Bertz CT molecular complexity index is 870. The van der Waals surface area contributed by atoms with E-state index in [2.05, 4.69) is 43.4 Å². The molecule has 1 saturated heterocycles. The second-order valence-corrected chi connectivity index (χ2v) is 6.34. The van der Waals surface area contributed by atoms with Crippen molar-refractivity contribution in [2.75, 3.05) is 44.4 Å². The van der Waals surface area contributed by atoms with Gasteiger partial charge in [0.15, 0.2) is 0 Å². The van der Waals surface area contributed by atoms with Gasteiger partial charge in [-0.15, -0.1) is 0 Å². The third-order valence-corrected chi connectivity index (χ3v) is 4.46. The van der Waals surface area contributed by atoms with E-state index < -0.39 is 0 Å². The normalized spacial score (nSPS) is 16.2. The zero-order valence-corrected chi connectivity index (χ0v) is 14.2. The molecule has 1 aliphatic heterocycles. The highest BCUT2D eigenvalue weighted by Gasteiger charge is 2.14. The summed E-state index contributed by atoms with van der Waals surface area (Å²) in [6.45, 7) is 4.00. The first-order valence-electron chi connectivity index (χ1n) is 8.36. The molecule has 3 heterocycles. The Morgan fingerprint density at radius 1 is 0.960 bits per heavy atom. The zero-order valence-electron chi connectivity index (χ0n) is 14.2. The highest BCUT2D eigenvalue weighted by Crippen LogP contribution is 2.23. The van der Waals surface area contributed by atoms with Crippen LogP contribution in [0.15, 0.2) is 42.7 Å². The third kappa shape index (κ3) is 3.52. The molecule has 0 saturated carbocycles. The largest absolute Gasteiger partial charge is 0.384 e. The summed E-state index contributed by atoms with van der Waals surface area (Å²) in [5.74, 6) is 1.16. The second-order valence-electron chi connectivity index (χ2n) is 6.34. The molecule has 0 spiro atoms. The van der Waals surface area contributed by atoms with Crippen LogP contribution in [0.2, 0.25) is 0 Å². The molecule has 0 bridgehead atoms. The fourth-order valence-electron chi connectivity index (χ4n) is 2.90. The number of nitrogens with zero attached hydrogens (tertiary/aromatic N) is 5. The van der Waals surface area contributed by atoms with Crippen molar-refractivity contribution in [1.29, 1.82) is 0 Å². The van der Waals surface area contributed by atoms with E-state index in [-0.39, 0.29) is 0 Å². The molecule has 1 aliphatic rings. The molecule has 7 heteroatoms. The first-order valence-corrected chi connectivity index (χ1v) is 8.36. The average molecular weight is 335 g/mol. The summed E-state index contributed by atoms with van der Waals surface area (Å²) in [5.41, 5.74) is 12.0. The Balaban J connectivity index is 1.55. The van der Waals surface area contributed by atoms with Crippen LogP contribution in [0.3, 0.4) is 0 Å². The number of aromatic nitrogens is 3. The summed E-state index contributed by atoms with van der Waals surface area (Å²) in [5, 5.41) is 3.16. The summed E-state index contributed by atoms with van der Waals surface area (Å²) in [4.78, 5) is 15.5. The van der Waals surface area contributed by atoms with Crippen molar-refractivity contribution in [2.45, 2.75) is 0 Å². The van der Waals surface area contributed by atoms with Gasteiger partial charge in [-0.1, -0.05) is 6.07 Å². The summed E-state index contributed by atoms with van der Waals surface area (Å²) in [7, 11) is 2.14. The van der Waals surface area contributed by atoms with Gasteiger partial charge in [-0.2, -0.15) is 0 Å². The molecule has 128 valence electrons. The fourth-order valence-corrected chi connectivity index (χ4v) is 2.90. The second kappa shape index (κ2) is 6.62. The molecular formula is C18H21N7. The summed E-state index contributed by atoms with van der Waals surface area (Å²) < 4.78 is 0. The minimum Gasteiger partial charge on any atom is -0.384 e. The molecule has 0 aliphatic carbocycles. The highest BCUT2D eigenvalue weighted by atomic mass is 15.5. The zero-order chi connectivity index (χ0) is 17.2. The lowest BCUT2D eigenvalue weighted by Gasteiger charge is -2.32. The van der Waals surface area contributed by atoms with Crippen LogP contribution in [0.5, 0.6) is 0 Å². The standard InChI is InChI=1S/C18H21N7/c1-24-6-8-25(9-7-24)23-18-21-12-15-10-13(2-4-16(15)22-18)14-3-5-17(19)20-11-14/h2-5,10-12H,6-9H2,1H3,(H2,19,20)(H,21,22,23). The Morgan fingerprint density at radius 2 is 1.76 bits per heavy atom. The SMILES string of the molecule is CN1CCN(Nc2ncc3cc(-c4ccc(N)nc4)ccc3n2)CC1. The quantitative estimate of drug-likeness (QED) is 0.756. The van der Waals surface area contributed by atoms with Crippen LogP contribution >= 0.6 is 0 Å². The summed E-state index contributed by atoms with van der Waals surface area (Å²) in [6.07, 6.45) is 3.63. The number of benzene rings is 1. The third-order valence-electron chi connectivity index (χ3n) is 4.46. The maximum absolute atomic E-state index is 5.65. The Morgan fingerprint density at radius 3 is 2.52 bits per heavy atom. The Labute approximate surface area is 146 Å². The smallest absolute Gasteiger partial charge is 0.238 e. The van der Waals surface area contributed by atoms with E-state index in [4.69, 9.17) is 5.73 Å². The van der Waals surface area contributed by atoms with Crippen molar-refractivity contribution in [1.82, 2.24) is 24.9 Å². The maximum Gasteiger partial charge on any atom is 0.238 e. The van der Waals surface area contributed by atoms with Crippen molar-refractivity contribution >= 4 is 22.7 Å². The number of piperazine rings is 1. The molecule has 7 nitrogen and oxygen atoms in total. The number of likely N-dealkylation sites (N-methyl/N-ethyl adjacent to an activating group) is 1. The number of pyridine rings is 1. The number of rotatable bonds is 3. The first kappa shape index (κ1) is 15.7. The molecule has 0 radical (unpaired) electrons. The van der Waals surface area contributed by atoms with Crippen LogP contribution < -0.4 is 11.2 Å². The molecule has 25 heavy (non-hydrogen) atoms. The molecule has 0 atom stereocenters. The molecular weight excluding hydrogens is 314 g/mol. The molecule has 0 unspecified atom stereocenters. The Hall–Kier alpha value is -2.77. The van der Waals surface area contributed by atoms with Crippen LogP contribution in [0.1, 0.15) is 0 Å². The van der Waals surface area contributed by atoms with Crippen LogP contribution in [0, 0.1) is 0 Å². The van der Waals surface area contributed by atoms with Crippen molar-refractivity contribution in [2.24, 2.45) is 0 Å². The van der Waals surface area contributed by atoms with Gasteiger partial charge in [0.05, 0.1) is 5.52 Å². The van der Waals surface area contributed by atoms with Crippen LogP contribution in [-0.2, 0) is 0 Å². The van der Waals surface area contributed by atoms with Gasteiger partial charge < -0.3 is 10.6 Å². The number of nitrogens with one attached hydrogen (secondary N) is 1. The van der Waals surface area contributed by atoms with Crippen LogP contribution in [-0.4, -0.2) is 58.1 Å². The van der Waals surface area contributed by atoms with Gasteiger partial charge in [-0.3, -0.25) is 5.43 Å². The van der Waals surface area contributed by atoms with E-state index in [0.717, 1.165) is 48.2 Å². The molecule has 4 rings (SSSR count). The van der Waals surface area contributed by atoms with E-state index >= 15 is 0 Å². The summed E-state index contributed by atoms with van der Waals surface area (Å²) >= 11 is 0. The average Bonchev–Trinajstić information content (AvgIpc) is 2.64. The van der Waals surface area contributed by atoms with E-state index in [0.29, 0.717) is 11.8 Å². The van der Waals surface area contributed by atoms with Gasteiger partial charge in [-0.05, 0) is 36.9 Å². The number of anilines is 2. The molecule has 1 fully saturated rings. The van der Waals surface area contributed by atoms with Gasteiger partial charge in [-0.25, -0.2) is 20.0 Å².